The SMILES string of the molecule is N#CCCN(CCC#N)Cn1nc(-c2ccccc2)n(-c2ccc(F)cc2F)c1=S. The molecule has 3 aromatic rings. The van der Waals surface area contributed by atoms with Crippen molar-refractivity contribution in [1.82, 2.24) is 19.2 Å². The molecule has 0 bridgehead atoms. The van der Waals surface area contributed by atoms with Gasteiger partial charge in [-0.25, -0.2) is 13.5 Å². The number of aromatic nitrogens is 3. The summed E-state index contributed by atoms with van der Waals surface area (Å²) in [5.74, 6) is -1.03. The number of nitriles is 2. The Balaban J connectivity index is 2.10. The summed E-state index contributed by atoms with van der Waals surface area (Å²) in [6.45, 7) is 1.12. The van der Waals surface area contributed by atoms with Crippen LogP contribution in [0, 0.1) is 39.1 Å². The van der Waals surface area contributed by atoms with Gasteiger partial charge in [0.05, 0.1) is 24.5 Å². The number of rotatable bonds is 8. The first-order valence-corrected chi connectivity index (χ1v) is 9.63. The maximum atomic E-state index is 14.6. The van der Waals surface area contributed by atoms with Gasteiger partial charge in [0.2, 0.25) is 4.77 Å². The van der Waals surface area contributed by atoms with Crippen LogP contribution in [0.4, 0.5) is 8.78 Å². The zero-order valence-electron chi connectivity index (χ0n) is 16.0. The van der Waals surface area contributed by atoms with Gasteiger partial charge >= 0.3 is 0 Å². The first-order chi connectivity index (χ1) is 14.5. The monoisotopic (exact) mass is 424 g/mol. The number of hydrogen-bond donors (Lipinski definition) is 0. The van der Waals surface area contributed by atoms with Crippen LogP contribution in [0.2, 0.25) is 0 Å². The van der Waals surface area contributed by atoms with Crippen molar-refractivity contribution in [3.63, 3.8) is 0 Å². The molecule has 1 aromatic heterocycles. The van der Waals surface area contributed by atoms with Crippen LogP contribution in [0.15, 0.2) is 48.5 Å². The Morgan fingerprint density at radius 3 is 2.27 bits per heavy atom. The van der Waals surface area contributed by atoms with Crippen molar-refractivity contribution in [2.45, 2.75) is 19.5 Å². The van der Waals surface area contributed by atoms with Gasteiger partial charge in [-0.1, -0.05) is 30.3 Å². The van der Waals surface area contributed by atoms with E-state index in [0.717, 1.165) is 6.07 Å². The van der Waals surface area contributed by atoms with E-state index in [0.29, 0.717) is 24.5 Å². The van der Waals surface area contributed by atoms with Gasteiger partial charge in [0.25, 0.3) is 0 Å². The topological polar surface area (TPSA) is 73.6 Å². The lowest BCUT2D eigenvalue weighted by Crippen LogP contribution is -2.29. The van der Waals surface area contributed by atoms with Crippen LogP contribution in [0.5, 0.6) is 0 Å². The quantitative estimate of drug-likeness (QED) is 0.500. The minimum Gasteiger partial charge on any atom is -0.282 e. The van der Waals surface area contributed by atoms with Crippen molar-refractivity contribution >= 4 is 12.2 Å². The zero-order valence-corrected chi connectivity index (χ0v) is 16.8. The van der Waals surface area contributed by atoms with Gasteiger partial charge in [0, 0.05) is 37.6 Å². The molecule has 0 aliphatic carbocycles. The number of hydrogen-bond acceptors (Lipinski definition) is 5. The van der Waals surface area contributed by atoms with Crippen molar-refractivity contribution in [2.24, 2.45) is 0 Å². The van der Waals surface area contributed by atoms with E-state index in [1.165, 1.54) is 21.4 Å². The van der Waals surface area contributed by atoms with Crippen LogP contribution < -0.4 is 0 Å². The summed E-state index contributed by atoms with van der Waals surface area (Å²) in [6, 6.07) is 16.6. The largest absolute Gasteiger partial charge is 0.282 e. The maximum Gasteiger partial charge on any atom is 0.204 e. The van der Waals surface area contributed by atoms with E-state index in [4.69, 9.17) is 22.7 Å². The standard InChI is InChI=1S/C21H18F2N6S/c22-17-8-9-19(18(23)14-17)29-20(16-6-2-1-3-7-16)26-28(21(29)30)15-27(12-4-10-24)13-5-11-25/h1-3,6-9,14H,4-5,12-13,15H2. The smallest absolute Gasteiger partial charge is 0.204 e. The summed E-state index contributed by atoms with van der Waals surface area (Å²) in [5.41, 5.74) is 0.804. The Bertz CT molecular complexity index is 1140. The molecule has 0 aliphatic rings. The number of halogens is 2. The number of benzene rings is 2. The van der Waals surface area contributed by atoms with Crippen LogP contribution in [-0.2, 0) is 6.67 Å². The Labute approximate surface area is 177 Å². The second-order valence-corrected chi connectivity index (χ2v) is 6.84. The molecule has 6 nitrogen and oxygen atoms in total. The molecule has 0 aliphatic heterocycles. The molecule has 3 rings (SSSR count). The average molecular weight is 424 g/mol. The van der Waals surface area contributed by atoms with Crippen LogP contribution in [0.25, 0.3) is 17.1 Å². The molecule has 0 spiro atoms. The average Bonchev–Trinajstić information content (AvgIpc) is 3.06. The third-order valence-corrected chi connectivity index (χ3v) is 4.83. The van der Waals surface area contributed by atoms with Gasteiger partial charge in [-0.05, 0) is 24.4 Å². The second-order valence-electron chi connectivity index (χ2n) is 6.48. The first-order valence-electron chi connectivity index (χ1n) is 9.22. The van der Waals surface area contributed by atoms with E-state index in [2.05, 4.69) is 17.2 Å². The predicted molar refractivity (Wildman–Crippen MR) is 110 cm³/mol. The van der Waals surface area contributed by atoms with E-state index in [-0.39, 0.29) is 30.0 Å². The molecule has 0 saturated carbocycles. The second kappa shape index (κ2) is 9.88. The maximum absolute atomic E-state index is 14.6. The minimum atomic E-state index is -0.756. The highest BCUT2D eigenvalue weighted by atomic mass is 32.1. The predicted octanol–water partition coefficient (Wildman–Crippen LogP) is 4.44. The lowest BCUT2D eigenvalue weighted by molar-refractivity contribution is 0.214. The molecule has 0 amide bonds. The molecule has 0 unspecified atom stereocenters. The third kappa shape index (κ3) is 4.77. The first kappa shape index (κ1) is 21.3. The van der Waals surface area contributed by atoms with E-state index >= 15 is 0 Å². The fourth-order valence-corrected chi connectivity index (χ4v) is 3.30. The van der Waals surface area contributed by atoms with Crippen molar-refractivity contribution in [3.8, 4) is 29.2 Å². The van der Waals surface area contributed by atoms with E-state index in [9.17, 15) is 8.78 Å². The minimum absolute atomic E-state index is 0.0899. The summed E-state index contributed by atoms with van der Waals surface area (Å²) >= 11 is 5.58. The Morgan fingerprint density at radius 1 is 1.00 bits per heavy atom. The highest BCUT2D eigenvalue weighted by Crippen LogP contribution is 2.25. The molecule has 9 heteroatoms. The van der Waals surface area contributed by atoms with Crippen molar-refractivity contribution in [3.05, 3.63) is 64.9 Å². The molecule has 30 heavy (non-hydrogen) atoms. The fourth-order valence-electron chi connectivity index (χ4n) is 3.01. The fraction of sp³-hybridized carbons (Fsp3) is 0.238. The molecule has 0 atom stereocenters. The molecule has 0 fully saturated rings. The summed E-state index contributed by atoms with van der Waals surface area (Å²) in [7, 11) is 0. The van der Waals surface area contributed by atoms with Crippen molar-refractivity contribution in [2.75, 3.05) is 13.1 Å². The molecular formula is C21H18F2N6S. The third-order valence-electron chi connectivity index (χ3n) is 4.44. The van der Waals surface area contributed by atoms with E-state index in [1.807, 2.05) is 35.2 Å². The Morgan fingerprint density at radius 2 is 1.67 bits per heavy atom. The van der Waals surface area contributed by atoms with Gasteiger partial charge in [0.1, 0.15) is 11.6 Å². The molecule has 0 N–H and O–H groups in total. The normalized spacial score (nSPS) is 10.7. The zero-order chi connectivity index (χ0) is 21.5. The molecule has 0 radical (unpaired) electrons. The Hall–Kier alpha value is -3.40. The lowest BCUT2D eigenvalue weighted by atomic mass is 10.2. The van der Waals surface area contributed by atoms with E-state index < -0.39 is 11.6 Å². The summed E-state index contributed by atoms with van der Waals surface area (Å²) < 4.78 is 31.2. The van der Waals surface area contributed by atoms with E-state index in [1.54, 1.807) is 0 Å². The summed E-state index contributed by atoms with van der Waals surface area (Å²) in [6.07, 6.45) is 0.579. The van der Waals surface area contributed by atoms with Gasteiger partial charge < -0.3 is 0 Å². The van der Waals surface area contributed by atoms with Crippen LogP contribution in [0.1, 0.15) is 12.8 Å². The van der Waals surface area contributed by atoms with Gasteiger partial charge in [-0.3, -0.25) is 9.47 Å². The molecular weight excluding hydrogens is 406 g/mol. The molecule has 152 valence electrons. The molecule has 2 aromatic carbocycles. The van der Waals surface area contributed by atoms with Crippen LogP contribution >= 0.6 is 12.2 Å². The molecule has 1 heterocycles. The number of nitrogens with zero attached hydrogens (tertiary/aromatic N) is 6. The lowest BCUT2D eigenvalue weighted by Gasteiger charge is -2.19. The molecule has 0 saturated heterocycles. The van der Waals surface area contributed by atoms with Crippen LogP contribution in [0.3, 0.4) is 0 Å². The van der Waals surface area contributed by atoms with Gasteiger partial charge in [-0.2, -0.15) is 10.5 Å². The highest BCUT2D eigenvalue weighted by Gasteiger charge is 2.19. The Kier molecular flexibility index (Phi) is 7.02. The van der Waals surface area contributed by atoms with Gasteiger partial charge in [0.15, 0.2) is 5.82 Å². The van der Waals surface area contributed by atoms with Crippen molar-refractivity contribution < 1.29 is 8.78 Å². The van der Waals surface area contributed by atoms with Gasteiger partial charge in [-0.15, -0.1) is 5.10 Å². The highest BCUT2D eigenvalue weighted by molar-refractivity contribution is 7.71. The summed E-state index contributed by atoms with van der Waals surface area (Å²) in [4.78, 5) is 1.88. The van der Waals surface area contributed by atoms with Crippen LogP contribution in [-0.4, -0.2) is 32.3 Å². The summed E-state index contributed by atoms with van der Waals surface area (Å²) in [5, 5.41) is 22.4. The van der Waals surface area contributed by atoms with Crippen molar-refractivity contribution in [1.29, 1.82) is 10.5 Å².